The third kappa shape index (κ3) is 7.18. The fourth-order valence-electron chi connectivity index (χ4n) is 1.93. The van der Waals surface area contributed by atoms with Gasteiger partial charge in [0.15, 0.2) is 0 Å². The van der Waals surface area contributed by atoms with Crippen LogP contribution < -0.4 is 16.4 Å². The lowest BCUT2D eigenvalue weighted by Crippen LogP contribution is -2.39. The molecule has 0 bridgehead atoms. The molecule has 6 heteroatoms. The minimum atomic E-state index is -0.217. The van der Waals surface area contributed by atoms with E-state index in [1.807, 2.05) is 0 Å². The van der Waals surface area contributed by atoms with Gasteiger partial charge in [0, 0.05) is 19.0 Å². The van der Waals surface area contributed by atoms with Crippen molar-refractivity contribution < 1.29 is 9.59 Å². The van der Waals surface area contributed by atoms with Crippen LogP contribution in [0, 0.1) is 0 Å². The highest BCUT2D eigenvalue weighted by atomic mass is 35.5. The summed E-state index contributed by atoms with van der Waals surface area (Å²) in [6.07, 6.45) is 6.19. The van der Waals surface area contributed by atoms with E-state index in [1.165, 1.54) is 19.3 Å². The highest BCUT2D eigenvalue weighted by Crippen LogP contribution is 2.17. The zero-order valence-electron chi connectivity index (χ0n) is 10.0. The number of halogens is 1. The molecule has 0 spiro atoms. The molecule has 1 saturated carbocycles. The zero-order valence-corrected chi connectivity index (χ0v) is 10.9. The molecule has 5 nitrogen and oxygen atoms in total. The van der Waals surface area contributed by atoms with Crippen LogP contribution in [0.15, 0.2) is 0 Å². The van der Waals surface area contributed by atoms with Crippen molar-refractivity contribution >= 4 is 24.2 Å². The number of amides is 2. The fourth-order valence-corrected chi connectivity index (χ4v) is 1.93. The Morgan fingerprint density at radius 3 is 2.35 bits per heavy atom. The van der Waals surface area contributed by atoms with Crippen LogP contribution in [0.4, 0.5) is 0 Å². The largest absolute Gasteiger partial charge is 0.354 e. The Labute approximate surface area is 108 Å². The third-order valence-electron chi connectivity index (χ3n) is 2.83. The molecule has 1 aliphatic carbocycles. The first kappa shape index (κ1) is 16.2. The average Bonchev–Trinajstić information content (AvgIpc) is 2.30. The fraction of sp³-hybridized carbons (Fsp3) is 0.818. The molecule has 0 saturated heterocycles. The van der Waals surface area contributed by atoms with Crippen LogP contribution in [0.5, 0.6) is 0 Å². The first-order chi connectivity index (χ1) is 7.72. The summed E-state index contributed by atoms with van der Waals surface area (Å²) in [4.78, 5) is 22.3. The Bertz CT molecular complexity index is 243. The minimum absolute atomic E-state index is 0. The minimum Gasteiger partial charge on any atom is -0.354 e. The Balaban J connectivity index is 0.00000256. The molecule has 100 valence electrons. The van der Waals surface area contributed by atoms with Gasteiger partial charge >= 0.3 is 0 Å². The third-order valence-corrected chi connectivity index (χ3v) is 2.83. The Kier molecular flexibility index (Phi) is 8.80. The van der Waals surface area contributed by atoms with E-state index in [0.29, 0.717) is 19.0 Å². The van der Waals surface area contributed by atoms with E-state index in [1.54, 1.807) is 0 Å². The first-order valence-corrected chi connectivity index (χ1v) is 5.98. The van der Waals surface area contributed by atoms with Gasteiger partial charge in [0.05, 0.1) is 6.54 Å². The molecule has 2 amide bonds. The van der Waals surface area contributed by atoms with Crippen molar-refractivity contribution in [2.75, 3.05) is 13.1 Å². The predicted octanol–water partition coefficient (Wildman–Crippen LogP) is 0.322. The van der Waals surface area contributed by atoms with Crippen LogP contribution in [0.25, 0.3) is 0 Å². The molecule has 0 aromatic rings. The zero-order chi connectivity index (χ0) is 11.8. The highest BCUT2D eigenvalue weighted by molar-refractivity contribution is 5.85. The summed E-state index contributed by atoms with van der Waals surface area (Å²) in [6, 6.07) is 0.339. The van der Waals surface area contributed by atoms with Crippen LogP contribution in [-0.4, -0.2) is 30.9 Å². The van der Waals surface area contributed by atoms with Gasteiger partial charge in [-0.3, -0.25) is 9.59 Å². The summed E-state index contributed by atoms with van der Waals surface area (Å²) in [5.41, 5.74) is 5.13. The number of rotatable bonds is 5. The van der Waals surface area contributed by atoms with Crippen LogP contribution in [0.2, 0.25) is 0 Å². The maximum atomic E-state index is 11.5. The molecule has 0 aromatic heterocycles. The smallest absolute Gasteiger partial charge is 0.233 e. The second-order valence-electron chi connectivity index (χ2n) is 4.21. The molecule has 1 rings (SSSR count). The van der Waals surface area contributed by atoms with Crippen molar-refractivity contribution in [1.29, 1.82) is 0 Å². The van der Waals surface area contributed by atoms with E-state index in [9.17, 15) is 9.59 Å². The summed E-state index contributed by atoms with van der Waals surface area (Å²) in [5, 5.41) is 5.56. The van der Waals surface area contributed by atoms with Gasteiger partial charge in [-0.05, 0) is 12.8 Å². The average molecular weight is 264 g/mol. The van der Waals surface area contributed by atoms with Crippen LogP contribution in [-0.2, 0) is 9.59 Å². The predicted molar refractivity (Wildman–Crippen MR) is 68.9 cm³/mol. The molecule has 17 heavy (non-hydrogen) atoms. The molecule has 0 aliphatic heterocycles. The molecule has 0 unspecified atom stereocenters. The van der Waals surface area contributed by atoms with E-state index >= 15 is 0 Å². The van der Waals surface area contributed by atoms with Crippen molar-refractivity contribution in [3.63, 3.8) is 0 Å². The number of nitrogens with two attached hydrogens (primary N) is 1. The summed E-state index contributed by atoms with van der Waals surface area (Å²) in [7, 11) is 0. The lowest BCUT2D eigenvalue weighted by Gasteiger charge is -2.22. The van der Waals surface area contributed by atoms with Gasteiger partial charge in [0.25, 0.3) is 0 Å². The van der Waals surface area contributed by atoms with E-state index in [2.05, 4.69) is 10.6 Å². The maximum Gasteiger partial charge on any atom is 0.233 e. The molecule has 0 radical (unpaired) electrons. The standard InChI is InChI=1S/C11H21N3O2.ClH/c12-8-11(16)13-7-6-10(15)14-9-4-2-1-3-5-9;/h9H,1-8,12H2,(H,13,16)(H,14,15);1H. The van der Waals surface area contributed by atoms with Crippen LogP contribution in [0.3, 0.4) is 0 Å². The van der Waals surface area contributed by atoms with Gasteiger partial charge in [0.1, 0.15) is 0 Å². The number of hydrogen-bond donors (Lipinski definition) is 3. The molecule has 0 aromatic carbocycles. The highest BCUT2D eigenvalue weighted by Gasteiger charge is 2.15. The van der Waals surface area contributed by atoms with Gasteiger partial charge < -0.3 is 16.4 Å². The van der Waals surface area contributed by atoms with E-state index < -0.39 is 0 Å². The molecule has 4 N–H and O–H groups in total. The van der Waals surface area contributed by atoms with Crippen molar-refractivity contribution in [3.05, 3.63) is 0 Å². The SMILES string of the molecule is Cl.NCC(=O)NCCC(=O)NC1CCCCC1. The molecule has 0 heterocycles. The number of carbonyl (C=O) groups is 2. The van der Waals surface area contributed by atoms with Gasteiger partial charge in [-0.2, -0.15) is 0 Å². The van der Waals surface area contributed by atoms with E-state index in [4.69, 9.17) is 5.73 Å². The van der Waals surface area contributed by atoms with Gasteiger partial charge in [-0.15, -0.1) is 12.4 Å². The summed E-state index contributed by atoms with van der Waals surface area (Å²) in [5.74, 6) is -0.199. The second-order valence-corrected chi connectivity index (χ2v) is 4.21. The Morgan fingerprint density at radius 1 is 1.12 bits per heavy atom. The quantitative estimate of drug-likeness (QED) is 0.668. The van der Waals surface area contributed by atoms with Gasteiger partial charge in [0.2, 0.25) is 11.8 Å². The monoisotopic (exact) mass is 263 g/mol. The molecule has 1 fully saturated rings. The van der Waals surface area contributed by atoms with E-state index in [0.717, 1.165) is 12.8 Å². The van der Waals surface area contributed by atoms with Gasteiger partial charge in [-0.25, -0.2) is 0 Å². The summed E-state index contributed by atoms with van der Waals surface area (Å²) < 4.78 is 0. The summed E-state index contributed by atoms with van der Waals surface area (Å²) in [6.45, 7) is 0.346. The van der Waals surface area contributed by atoms with Crippen molar-refractivity contribution in [3.8, 4) is 0 Å². The number of nitrogens with one attached hydrogen (secondary N) is 2. The topological polar surface area (TPSA) is 84.2 Å². The molecular weight excluding hydrogens is 242 g/mol. The van der Waals surface area contributed by atoms with E-state index in [-0.39, 0.29) is 30.8 Å². The Morgan fingerprint density at radius 2 is 1.76 bits per heavy atom. The van der Waals surface area contributed by atoms with Crippen molar-refractivity contribution in [1.82, 2.24) is 10.6 Å². The number of carbonyl (C=O) groups excluding carboxylic acids is 2. The lowest BCUT2D eigenvalue weighted by molar-refractivity contribution is -0.122. The molecule has 0 atom stereocenters. The van der Waals surface area contributed by atoms with Gasteiger partial charge in [-0.1, -0.05) is 19.3 Å². The Hall–Kier alpha value is -0.810. The normalized spacial score (nSPS) is 15.8. The van der Waals surface area contributed by atoms with Crippen molar-refractivity contribution in [2.24, 2.45) is 5.73 Å². The van der Waals surface area contributed by atoms with Crippen LogP contribution >= 0.6 is 12.4 Å². The second kappa shape index (κ2) is 9.24. The molecule has 1 aliphatic rings. The van der Waals surface area contributed by atoms with Crippen molar-refractivity contribution in [2.45, 2.75) is 44.6 Å². The van der Waals surface area contributed by atoms with Crippen LogP contribution in [0.1, 0.15) is 38.5 Å². The molecular formula is C11H22ClN3O2. The summed E-state index contributed by atoms with van der Waals surface area (Å²) >= 11 is 0. The maximum absolute atomic E-state index is 11.5. The lowest BCUT2D eigenvalue weighted by atomic mass is 9.95. The number of hydrogen-bond acceptors (Lipinski definition) is 3. The first-order valence-electron chi connectivity index (χ1n) is 5.98.